The number of hydrogen-bond acceptors (Lipinski definition) is 3. The van der Waals surface area contributed by atoms with Gasteiger partial charge < -0.3 is 10.2 Å². The monoisotopic (exact) mass is 472 g/mol. The zero-order chi connectivity index (χ0) is 25.1. The van der Waals surface area contributed by atoms with Crippen molar-refractivity contribution in [2.45, 2.75) is 47.0 Å². The van der Waals surface area contributed by atoms with Crippen LogP contribution in [-0.2, 0) is 22.4 Å². The molecule has 182 valence electrons. The first-order valence-corrected chi connectivity index (χ1v) is 12.1. The summed E-state index contributed by atoms with van der Waals surface area (Å²) in [6.45, 7) is 8.36. The van der Waals surface area contributed by atoms with Gasteiger partial charge in [0.1, 0.15) is 0 Å². The summed E-state index contributed by atoms with van der Waals surface area (Å²) in [5.41, 5.74) is 9.03. The third kappa shape index (κ3) is 4.99. The standard InChI is InChI=1S/C28H32N4O3/c1-5-20-8-7-9-21(6-2)26(20)31-17-23(16-25(31)33)27(34)29-24-14-12-22(13-15-24)28(35)30-32-18(3)10-11-19(32)4/h7-15,23H,5-6,16-17H2,1-4H3,(H,29,34)(H,30,35)/t23-/m1/s1. The molecule has 1 saturated heterocycles. The van der Waals surface area contributed by atoms with Crippen molar-refractivity contribution < 1.29 is 14.4 Å². The van der Waals surface area contributed by atoms with E-state index in [0.29, 0.717) is 17.8 Å². The molecule has 2 N–H and O–H groups in total. The second-order valence-electron chi connectivity index (χ2n) is 9.00. The second-order valence-corrected chi connectivity index (χ2v) is 9.00. The fraction of sp³-hybridized carbons (Fsp3) is 0.321. The number of nitrogens with zero attached hydrogens (tertiary/aromatic N) is 2. The number of carbonyl (C=O) groups is 3. The number of carbonyl (C=O) groups excluding carboxylic acids is 3. The van der Waals surface area contributed by atoms with Crippen molar-refractivity contribution in [2.24, 2.45) is 5.92 Å². The fourth-order valence-corrected chi connectivity index (χ4v) is 4.62. The molecule has 1 aliphatic rings. The molecule has 1 atom stereocenters. The predicted octanol–water partition coefficient (Wildman–Crippen LogP) is 4.61. The normalized spacial score (nSPS) is 15.4. The first-order valence-electron chi connectivity index (χ1n) is 12.1. The number of para-hydroxylation sites is 1. The molecule has 1 fully saturated rings. The minimum atomic E-state index is -0.431. The van der Waals surface area contributed by atoms with Gasteiger partial charge in [0.25, 0.3) is 5.91 Å². The van der Waals surface area contributed by atoms with Crippen LogP contribution in [-0.4, -0.2) is 28.9 Å². The highest BCUT2D eigenvalue weighted by Crippen LogP contribution is 2.32. The summed E-state index contributed by atoms with van der Waals surface area (Å²) in [7, 11) is 0. The van der Waals surface area contributed by atoms with Crippen LogP contribution in [0, 0.1) is 19.8 Å². The number of aromatic nitrogens is 1. The summed E-state index contributed by atoms with van der Waals surface area (Å²) in [6, 6.07) is 16.8. The zero-order valence-electron chi connectivity index (χ0n) is 20.7. The van der Waals surface area contributed by atoms with Crippen molar-refractivity contribution in [1.82, 2.24) is 4.68 Å². The highest BCUT2D eigenvalue weighted by atomic mass is 16.2. The van der Waals surface area contributed by atoms with E-state index >= 15 is 0 Å². The number of hydrogen-bond donors (Lipinski definition) is 2. The SMILES string of the molecule is CCc1cccc(CC)c1N1C[C@H](C(=O)Nc2ccc(C(=O)Nn3c(C)ccc3C)cc2)CC1=O. The summed E-state index contributed by atoms with van der Waals surface area (Å²) in [4.78, 5) is 40.2. The number of nitrogens with one attached hydrogen (secondary N) is 2. The van der Waals surface area contributed by atoms with E-state index in [1.165, 1.54) is 0 Å². The van der Waals surface area contributed by atoms with Gasteiger partial charge in [0, 0.05) is 41.3 Å². The number of rotatable bonds is 7. The maximum Gasteiger partial charge on any atom is 0.270 e. The first-order chi connectivity index (χ1) is 16.8. The van der Waals surface area contributed by atoms with E-state index in [2.05, 4.69) is 24.6 Å². The highest BCUT2D eigenvalue weighted by molar-refractivity contribution is 6.05. The lowest BCUT2D eigenvalue weighted by molar-refractivity contribution is -0.122. The zero-order valence-corrected chi connectivity index (χ0v) is 20.7. The van der Waals surface area contributed by atoms with Gasteiger partial charge >= 0.3 is 0 Å². The molecule has 0 radical (unpaired) electrons. The molecule has 2 aromatic carbocycles. The fourth-order valence-electron chi connectivity index (χ4n) is 4.62. The van der Waals surface area contributed by atoms with Crippen LogP contribution in [0.2, 0.25) is 0 Å². The van der Waals surface area contributed by atoms with Gasteiger partial charge in [0.2, 0.25) is 11.8 Å². The molecule has 0 saturated carbocycles. The van der Waals surface area contributed by atoms with Crippen LogP contribution >= 0.6 is 0 Å². The molecule has 3 aromatic rings. The van der Waals surface area contributed by atoms with E-state index < -0.39 is 5.92 Å². The maximum absolute atomic E-state index is 13.0. The van der Waals surface area contributed by atoms with Crippen molar-refractivity contribution in [1.29, 1.82) is 0 Å². The molecule has 7 nitrogen and oxygen atoms in total. The minimum Gasteiger partial charge on any atom is -0.326 e. The third-order valence-corrected chi connectivity index (χ3v) is 6.63. The maximum atomic E-state index is 13.0. The predicted molar refractivity (Wildman–Crippen MR) is 138 cm³/mol. The molecule has 2 heterocycles. The Morgan fingerprint density at radius 3 is 2.09 bits per heavy atom. The van der Waals surface area contributed by atoms with Gasteiger partial charge in [-0.25, -0.2) is 0 Å². The van der Waals surface area contributed by atoms with Crippen LogP contribution in [0.15, 0.2) is 54.6 Å². The third-order valence-electron chi connectivity index (χ3n) is 6.63. The van der Waals surface area contributed by atoms with Crippen molar-refractivity contribution in [3.8, 4) is 0 Å². The summed E-state index contributed by atoms with van der Waals surface area (Å²) in [6.07, 6.45) is 1.84. The van der Waals surface area contributed by atoms with Crippen LogP contribution in [0.1, 0.15) is 53.1 Å². The first kappa shape index (κ1) is 24.3. The van der Waals surface area contributed by atoms with E-state index in [4.69, 9.17) is 0 Å². The average molecular weight is 473 g/mol. The van der Waals surface area contributed by atoms with Crippen LogP contribution in [0.3, 0.4) is 0 Å². The van der Waals surface area contributed by atoms with Crippen molar-refractivity contribution in [3.05, 3.63) is 82.7 Å². The largest absolute Gasteiger partial charge is 0.326 e. The molecule has 0 bridgehead atoms. The van der Waals surface area contributed by atoms with E-state index in [1.54, 1.807) is 33.8 Å². The number of benzene rings is 2. The summed E-state index contributed by atoms with van der Waals surface area (Å²) in [5, 5.41) is 2.91. The number of anilines is 2. The Labute approximate surface area is 206 Å². The van der Waals surface area contributed by atoms with Crippen LogP contribution in [0.25, 0.3) is 0 Å². The van der Waals surface area contributed by atoms with Crippen LogP contribution in [0.5, 0.6) is 0 Å². The van der Waals surface area contributed by atoms with Gasteiger partial charge in [-0.1, -0.05) is 32.0 Å². The lowest BCUT2D eigenvalue weighted by Gasteiger charge is -2.23. The van der Waals surface area contributed by atoms with Crippen molar-refractivity contribution in [3.63, 3.8) is 0 Å². The average Bonchev–Trinajstić information content (AvgIpc) is 3.40. The van der Waals surface area contributed by atoms with Crippen LogP contribution in [0.4, 0.5) is 11.4 Å². The quantitative estimate of drug-likeness (QED) is 0.527. The van der Waals surface area contributed by atoms with E-state index in [0.717, 1.165) is 41.0 Å². The van der Waals surface area contributed by atoms with Gasteiger partial charge in [-0.3, -0.25) is 24.5 Å². The van der Waals surface area contributed by atoms with Gasteiger partial charge in [0.15, 0.2) is 0 Å². The van der Waals surface area contributed by atoms with Gasteiger partial charge in [-0.05, 0) is 74.2 Å². The Bertz CT molecular complexity index is 1220. The Kier molecular flexibility index (Phi) is 7.05. The Morgan fingerprint density at radius 2 is 1.51 bits per heavy atom. The number of amides is 3. The lowest BCUT2D eigenvalue weighted by Crippen LogP contribution is -2.29. The Hall–Kier alpha value is -3.87. The summed E-state index contributed by atoms with van der Waals surface area (Å²) in [5.74, 6) is -0.879. The topological polar surface area (TPSA) is 83.4 Å². The Morgan fingerprint density at radius 1 is 0.914 bits per heavy atom. The molecule has 4 rings (SSSR count). The summed E-state index contributed by atoms with van der Waals surface area (Å²) >= 11 is 0. The van der Waals surface area contributed by atoms with E-state index in [-0.39, 0.29) is 24.1 Å². The van der Waals surface area contributed by atoms with Gasteiger partial charge in [-0.2, -0.15) is 0 Å². The molecule has 0 unspecified atom stereocenters. The van der Waals surface area contributed by atoms with E-state index in [1.807, 2.05) is 44.2 Å². The van der Waals surface area contributed by atoms with E-state index in [9.17, 15) is 14.4 Å². The Balaban J connectivity index is 1.42. The van der Waals surface area contributed by atoms with Crippen molar-refractivity contribution >= 4 is 29.1 Å². The smallest absolute Gasteiger partial charge is 0.270 e. The molecule has 1 aliphatic heterocycles. The molecule has 3 amide bonds. The van der Waals surface area contributed by atoms with Crippen LogP contribution < -0.4 is 15.6 Å². The minimum absolute atomic E-state index is 0.0247. The lowest BCUT2D eigenvalue weighted by atomic mass is 10.0. The molecule has 1 aromatic heterocycles. The second kappa shape index (κ2) is 10.2. The summed E-state index contributed by atoms with van der Waals surface area (Å²) < 4.78 is 1.74. The molecule has 0 spiro atoms. The molecular weight excluding hydrogens is 440 g/mol. The van der Waals surface area contributed by atoms with Gasteiger partial charge in [-0.15, -0.1) is 0 Å². The van der Waals surface area contributed by atoms with Gasteiger partial charge in [0.05, 0.1) is 5.92 Å². The molecule has 7 heteroatoms. The molecular formula is C28H32N4O3. The highest BCUT2D eigenvalue weighted by Gasteiger charge is 2.36. The number of aryl methyl sites for hydroxylation is 4. The van der Waals surface area contributed by atoms with Crippen molar-refractivity contribution in [2.75, 3.05) is 22.2 Å². The molecule has 0 aliphatic carbocycles. The molecule has 35 heavy (non-hydrogen) atoms.